The number of hydrogen-bond acceptors (Lipinski definition) is 5. The van der Waals surface area contributed by atoms with E-state index in [9.17, 15) is 4.79 Å². The van der Waals surface area contributed by atoms with Crippen LogP contribution in [0.4, 0.5) is 0 Å². The van der Waals surface area contributed by atoms with Crippen molar-refractivity contribution < 1.29 is 9.53 Å². The average molecular weight is 271 g/mol. The fourth-order valence-corrected chi connectivity index (χ4v) is 2.53. The van der Waals surface area contributed by atoms with E-state index in [0.29, 0.717) is 13.0 Å². The number of nitrogens with two attached hydrogens (primary N) is 1. The summed E-state index contributed by atoms with van der Waals surface area (Å²) in [6, 6.07) is 0. The molecule has 0 aromatic heterocycles. The smallest absolute Gasteiger partial charge is 0.325 e. The second-order valence-electron chi connectivity index (χ2n) is 6.07. The Balaban J connectivity index is 2.28. The Hall–Kier alpha value is -0.650. The molecule has 1 aliphatic rings. The van der Waals surface area contributed by atoms with Gasteiger partial charge in [0.15, 0.2) is 0 Å². The monoisotopic (exact) mass is 271 g/mol. The molecule has 0 radical (unpaired) electrons. The molecule has 1 saturated heterocycles. The van der Waals surface area contributed by atoms with Gasteiger partial charge in [0.05, 0.1) is 6.61 Å². The van der Waals surface area contributed by atoms with Crippen LogP contribution < -0.4 is 5.73 Å². The minimum Gasteiger partial charge on any atom is -0.465 e. The van der Waals surface area contributed by atoms with Gasteiger partial charge in [-0.2, -0.15) is 0 Å². The van der Waals surface area contributed by atoms with E-state index in [1.165, 1.54) is 19.5 Å². The highest BCUT2D eigenvalue weighted by molar-refractivity contribution is 5.79. The molecule has 19 heavy (non-hydrogen) atoms. The minimum absolute atomic E-state index is 0.302. The molecule has 2 atom stereocenters. The van der Waals surface area contributed by atoms with Gasteiger partial charge in [0.25, 0.3) is 0 Å². The third kappa shape index (κ3) is 5.47. The van der Waals surface area contributed by atoms with Gasteiger partial charge >= 0.3 is 5.97 Å². The number of likely N-dealkylation sites (tertiary alicyclic amines) is 1. The highest BCUT2D eigenvalue weighted by atomic mass is 16.5. The minimum atomic E-state index is -0.878. The summed E-state index contributed by atoms with van der Waals surface area (Å²) in [6.45, 7) is 8.20. The van der Waals surface area contributed by atoms with Gasteiger partial charge in [-0.1, -0.05) is 0 Å². The van der Waals surface area contributed by atoms with Crippen LogP contribution in [0.25, 0.3) is 0 Å². The van der Waals surface area contributed by atoms with Crippen LogP contribution >= 0.6 is 0 Å². The van der Waals surface area contributed by atoms with E-state index >= 15 is 0 Å². The molecule has 0 spiro atoms. The molecular weight excluding hydrogens is 242 g/mol. The lowest BCUT2D eigenvalue weighted by atomic mass is 9.99. The second-order valence-corrected chi connectivity index (χ2v) is 6.07. The summed E-state index contributed by atoms with van der Waals surface area (Å²) in [4.78, 5) is 16.3. The number of hydrogen-bond donors (Lipinski definition) is 1. The first-order valence-corrected chi connectivity index (χ1v) is 7.18. The molecule has 0 aliphatic carbocycles. The molecule has 2 unspecified atom stereocenters. The Morgan fingerprint density at radius 3 is 2.79 bits per heavy atom. The molecule has 0 bridgehead atoms. The molecule has 2 N–H and O–H groups in total. The van der Waals surface area contributed by atoms with Crippen LogP contribution in [0.2, 0.25) is 0 Å². The Morgan fingerprint density at radius 1 is 1.58 bits per heavy atom. The summed E-state index contributed by atoms with van der Waals surface area (Å²) in [5.41, 5.74) is 5.14. The zero-order valence-corrected chi connectivity index (χ0v) is 12.8. The summed E-state index contributed by atoms with van der Waals surface area (Å²) < 4.78 is 5.00. The normalized spacial score (nSPS) is 23.6. The topological polar surface area (TPSA) is 58.8 Å². The highest BCUT2D eigenvalue weighted by Gasteiger charge is 2.30. The van der Waals surface area contributed by atoms with Gasteiger partial charge in [-0.15, -0.1) is 0 Å². The molecule has 1 heterocycles. The van der Waals surface area contributed by atoms with Crippen molar-refractivity contribution in [3.05, 3.63) is 0 Å². The fraction of sp³-hybridized carbons (Fsp3) is 0.929. The van der Waals surface area contributed by atoms with E-state index in [4.69, 9.17) is 10.5 Å². The molecule has 112 valence electrons. The number of rotatable bonds is 7. The number of esters is 1. The number of ether oxygens (including phenoxy) is 1. The van der Waals surface area contributed by atoms with Crippen LogP contribution in [0.1, 0.15) is 26.7 Å². The predicted octanol–water partition coefficient (Wildman–Crippen LogP) is 0.541. The van der Waals surface area contributed by atoms with Crippen LogP contribution in [-0.4, -0.2) is 68.2 Å². The maximum absolute atomic E-state index is 11.7. The van der Waals surface area contributed by atoms with Crippen LogP contribution in [0.3, 0.4) is 0 Å². The molecule has 1 aliphatic heterocycles. The van der Waals surface area contributed by atoms with Crippen molar-refractivity contribution in [3.8, 4) is 0 Å². The first-order chi connectivity index (χ1) is 8.85. The van der Waals surface area contributed by atoms with Crippen LogP contribution in [0.15, 0.2) is 0 Å². The van der Waals surface area contributed by atoms with Crippen molar-refractivity contribution in [1.82, 2.24) is 9.80 Å². The summed E-state index contributed by atoms with van der Waals surface area (Å²) in [6.07, 6.45) is 1.89. The van der Waals surface area contributed by atoms with Gasteiger partial charge in [-0.3, -0.25) is 4.79 Å². The number of nitrogens with zero attached hydrogens (tertiary/aromatic N) is 2. The summed E-state index contributed by atoms with van der Waals surface area (Å²) in [7, 11) is 4.26. The van der Waals surface area contributed by atoms with Gasteiger partial charge in [0, 0.05) is 19.6 Å². The van der Waals surface area contributed by atoms with E-state index in [1.54, 1.807) is 13.8 Å². The van der Waals surface area contributed by atoms with Gasteiger partial charge in [0.1, 0.15) is 5.54 Å². The Labute approximate surface area is 117 Å². The molecule has 0 saturated carbocycles. The second kappa shape index (κ2) is 7.22. The molecule has 0 aromatic carbocycles. The first kappa shape index (κ1) is 16.4. The van der Waals surface area contributed by atoms with Crippen molar-refractivity contribution in [1.29, 1.82) is 0 Å². The summed E-state index contributed by atoms with van der Waals surface area (Å²) in [5, 5.41) is 0. The van der Waals surface area contributed by atoms with Gasteiger partial charge in [0.2, 0.25) is 0 Å². The molecule has 0 aromatic rings. The van der Waals surface area contributed by atoms with E-state index in [1.807, 2.05) is 0 Å². The lowest BCUT2D eigenvalue weighted by Gasteiger charge is -2.26. The van der Waals surface area contributed by atoms with Crippen molar-refractivity contribution in [2.45, 2.75) is 32.2 Å². The number of carbonyl (C=O) groups excluding carboxylic acids is 1. The van der Waals surface area contributed by atoms with Gasteiger partial charge in [-0.05, 0) is 53.2 Å². The van der Waals surface area contributed by atoms with Crippen LogP contribution in [0, 0.1) is 5.92 Å². The average Bonchev–Trinajstić information content (AvgIpc) is 2.72. The lowest BCUT2D eigenvalue weighted by molar-refractivity contribution is -0.149. The van der Waals surface area contributed by atoms with E-state index in [0.717, 1.165) is 19.0 Å². The molecule has 1 fully saturated rings. The van der Waals surface area contributed by atoms with E-state index < -0.39 is 5.54 Å². The van der Waals surface area contributed by atoms with Crippen molar-refractivity contribution >= 4 is 5.97 Å². The Bertz CT molecular complexity index is 294. The molecular formula is C14H29N3O2. The van der Waals surface area contributed by atoms with Gasteiger partial charge in [-0.25, -0.2) is 0 Å². The highest BCUT2D eigenvalue weighted by Crippen LogP contribution is 2.16. The molecule has 1 rings (SSSR count). The lowest BCUT2D eigenvalue weighted by Crippen LogP contribution is -2.48. The standard InChI is InChI=1S/C14H29N3O2/c1-5-19-13(18)14(2,15)7-9-17(4)11-12-6-8-16(3)10-12/h12H,5-11,15H2,1-4H3. The largest absolute Gasteiger partial charge is 0.465 e. The molecule has 5 heteroatoms. The van der Waals surface area contributed by atoms with Crippen LogP contribution in [0.5, 0.6) is 0 Å². The third-order valence-corrected chi connectivity index (χ3v) is 3.81. The summed E-state index contributed by atoms with van der Waals surface area (Å²) in [5.74, 6) is 0.436. The Morgan fingerprint density at radius 2 is 2.26 bits per heavy atom. The molecule has 5 nitrogen and oxygen atoms in total. The van der Waals surface area contributed by atoms with Crippen LogP contribution in [-0.2, 0) is 9.53 Å². The zero-order valence-electron chi connectivity index (χ0n) is 12.8. The SMILES string of the molecule is CCOC(=O)C(C)(N)CCN(C)CC1CCN(C)C1. The van der Waals surface area contributed by atoms with Crippen molar-refractivity contribution in [3.63, 3.8) is 0 Å². The predicted molar refractivity (Wildman–Crippen MR) is 76.9 cm³/mol. The maximum Gasteiger partial charge on any atom is 0.325 e. The Kier molecular flexibility index (Phi) is 6.23. The van der Waals surface area contributed by atoms with Crippen molar-refractivity contribution in [2.75, 3.05) is 46.9 Å². The van der Waals surface area contributed by atoms with E-state index in [2.05, 4.69) is 23.9 Å². The first-order valence-electron chi connectivity index (χ1n) is 7.18. The maximum atomic E-state index is 11.7. The number of carbonyl (C=O) groups is 1. The molecule has 0 amide bonds. The van der Waals surface area contributed by atoms with E-state index in [-0.39, 0.29) is 5.97 Å². The fourth-order valence-electron chi connectivity index (χ4n) is 2.53. The zero-order chi connectivity index (χ0) is 14.5. The third-order valence-electron chi connectivity index (χ3n) is 3.81. The quantitative estimate of drug-likeness (QED) is 0.685. The van der Waals surface area contributed by atoms with Gasteiger partial charge < -0.3 is 20.3 Å². The summed E-state index contributed by atoms with van der Waals surface area (Å²) >= 11 is 0. The van der Waals surface area contributed by atoms with Crippen molar-refractivity contribution in [2.24, 2.45) is 11.7 Å².